The van der Waals surface area contributed by atoms with Crippen LogP contribution in [0.3, 0.4) is 0 Å². The first-order valence-electron chi connectivity index (χ1n) is 2.85. The van der Waals surface area contributed by atoms with Crippen molar-refractivity contribution in [2.45, 2.75) is 0 Å². The molecular weight excluding hydrogens is 123 g/mol. The van der Waals surface area contributed by atoms with E-state index in [1.54, 1.807) is 0 Å². The topological polar surface area (TPSA) is 23.1 Å². The molecule has 0 aromatic rings. The largest absolute Gasteiger partial charge is 0.537 e. The second kappa shape index (κ2) is 1.50. The second-order valence-corrected chi connectivity index (χ2v) is 3.80. The average molecular weight is 131 g/mol. The van der Waals surface area contributed by atoms with Crippen molar-refractivity contribution in [3.63, 3.8) is 0 Å². The summed E-state index contributed by atoms with van der Waals surface area (Å²) in [7, 11) is -1.06. The molecule has 2 aliphatic heterocycles. The molecule has 0 atom stereocenters. The zero-order valence-electron chi connectivity index (χ0n) is 4.58. The summed E-state index contributed by atoms with van der Waals surface area (Å²) < 4.78 is 14.9. The van der Waals surface area contributed by atoms with Crippen LogP contribution in [-0.4, -0.2) is 35.5 Å². The summed E-state index contributed by atoms with van der Waals surface area (Å²) in [5.41, 5.74) is 0. The first-order valence-corrected chi connectivity index (χ1v) is 4.01. The molecule has 0 radical (unpaired) electrons. The predicted molar refractivity (Wildman–Crippen MR) is 30.8 cm³/mol. The number of hydrogen-bond acceptors (Lipinski definition) is 1. The molecule has 44 valence electrons. The van der Waals surface area contributed by atoms with Crippen LogP contribution in [-0.2, 0) is 4.57 Å². The number of rotatable bonds is 2. The van der Waals surface area contributed by atoms with Gasteiger partial charge in [-0.15, -0.1) is 0 Å². The van der Waals surface area contributed by atoms with Gasteiger partial charge in [-0.3, -0.25) is 0 Å². The van der Waals surface area contributed by atoms with Crippen molar-refractivity contribution in [1.82, 2.24) is 9.34 Å². The Bertz CT molecular complexity index is 116. The van der Waals surface area contributed by atoms with Crippen LogP contribution in [0.5, 0.6) is 0 Å². The first-order chi connectivity index (χ1) is 3.88. The smallest absolute Gasteiger partial charge is 0.0761 e. The molecule has 0 unspecified atom stereocenters. The highest BCUT2D eigenvalue weighted by atomic mass is 31.1. The molecule has 0 aliphatic carbocycles. The Hall–Kier alpha value is 0.0200. The fraction of sp³-hybridized carbons (Fsp3) is 1.00. The van der Waals surface area contributed by atoms with Gasteiger partial charge in [-0.05, 0) is 4.57 Å². The standard InChI is InChI=1S/C4H8N2OP/c7-8(5-1-2-5)6-3-4-6/h1-4H2/q+1. The van der Waals surface area contributed by atoms with Crippen LogP contribution < -0.4 is 0 Å². The maximum atomic E-state index is 11.0. The summed E-state index contributed by atoms with van der Waals surface area (Å²) in [4.78, 5) is 0. The van der Waals surface area contributed by atoms with E-state index in [4.69, 9.17) is 0 Å². The van der Waals surface area contributed by atoms with Crippen molar-refractivity contribution in [3.05, 3.63) is 0 Å². The van der Waals surface area contributed by atoms with Crippen molar-refractivity contribution in [1.29, 1.82) is 0 Å². The van der Waals surface area contributed by atoms with Gasteiger partial charge in [0, 0.05) is 0 Å². The minimum absolute atomic E-state index is 1.05. The van der Waals surface area contributed by atoms with Gasteiger partial charge in [0.15, 0.2) is 0 Å². The van der Waals surface area contributed by atoms with Gasteiger partial charge in [0.25, 0.3) is 0 Å². The maximum Gasteiger partial charge on any atom is 0.537 e. The minimum Gasteiger partial charge on any atom is -0.0761 e. The summed E-state index contributed by atoms with van der Waals surface area (Å²) in [6.45, 7) is 4.19. The molecule has 0 spiro atoms. The zero-order valence-corrected chi connectivity index (χ0v) is 5.47. The van der Waals surface area contributed by atoms with E-state index in [1.807, 2.05) is 9.34 Å². The molecule has 0 N–H and O–H groups in total. The highest BCUT2D eigenvalue weighted by Gasteiger charge is 2.48. The quantitative estimate of drug-likeness (QED) is 0.397. The average Bonchev–Trinajstić information content (AvgIpc) is 2.63. The van der Waals surface area contributed by atoms with Crippen molar-refractivity contribution in [2.75, 3.05) is 26.2 Å². The van der Waals surface area contributed by atoms with Gasteiger partial charge in [0.05, 0.1) is 26.2 Å². The van der Waals surface area contributed by atoms with Gasteiger partial charge in [-0.2, -0.15) is 0 Å². The van der Waals surface area contributed by atoms with E-state index in [0.717, 1.165) is 26.2 Å². The van der Waals surface area contributed by atoms with Gasteiger partial charge in [-0.1, -0.05) is 9.34 Å². The Kier molecular flexibility index (Phi) is 0.911. The highest BCUT2D eigenvalue weighted by Crippen LogP contribution is 2.41. The molecule has 0 bridgehead atoms. The minimum atomic E-state index is -1.06. The van der Waals surface area contributed by atoms with Crippen LogP contribution in [0.15, 0.2) is 0 Å². The third-order valence-corrected chi connectivity index (χ3v) is 3.10. The summed E-state index contributed by atoms with van der Waals surface area (Å²) >= 11 is 0. The molecule has 2 saturated heterocycles. The Morgan fingerprint density at radius 1 is 1.00 bits per heavy atom. The normalized spacial score (nSPS) is 28.0. The van der Waals surface area contributed by atoms with Crippen LogP contribution in [0, 0.1) is 0 Å². The Morgan fingerprint density at radius 3 is 1.62 bits per heavy atom. The third kappa shape index (κ3) is 0.772. The van der Waals surface area contributed by atoms with Crippen LogP contribution in [0.25, 0.3) is 0 Å². The maximum absolute atomic E-state index is 11.0. The van der Waals surface area contributed by atoms with Crippen LogP contribution >= 0.6 is 8.10 Å². The van der Waals surface area contributed by atoms with E-state index in [-0.39, 0.29) is 0 Å². The third-order valence-electron chi connectivity index (χ3n) is 1.33. The molecular formula is C4H8N2OP+. The van der Waals surface area contributed by atoms with Crippen molar-refractivity contribution in [2.24, 2.45) is 0 Å². The summed E-state index contributed by atoms with van der Waals surface area (Å²) in [6, 6.07) is 0. The molecule has 0 amide bonds. The van der Waals surface area contributed by atoms with E-state index < -0.39 is 8.10 Å². The van der Waals surface area contributed by atoms with Crippen LogP contribution in [0.1, 0.15) is 0 Å². The molecule has 0 saturated carbocycles. The van der Waals surface area contributed by atoms with Gasteiger partial charge >= 0.3 is 8.10 Å². The first kappa shape index (κ1) is 4.86. The lowest BCUT2D eigenvalue weighted by atomic mass is 11.0. The fourth-order valence-electron chi connectivity index (χ4n) is 0.611. The van der Waals surface area contributed by atoms with Gasteiger partial charge in [0.1, 0.15) is 0 Å². The molecule has 8 heavy (non-hydrogen) atoms. The lowest BCUT2D eigenvalue weighted by Crippen LogP contribution is -1.88. The molecule has 2 heterocycles. The Balaban J connectivity index is 1.93. The lowest BCUT2D eigenvalue weighted by Gasteiger charge is -1.77. The van der Waals surface area contributed by atoms with Crippen LogP contribution in [0.2, 0.25) is 0 Å². The van der Waals surface area contributed by atoms with E-state index >= 15 is 0 Å². The van der Waals surface area contributed by atoms with Crippen molar-refractivity contribution < 1.29 is 4.57 Å². The zero-order chi connectivity index (χ0) is 5.56. The van der Waals surface area contributed by atoms with E-state index in [2.05, 4.69) is 0 Å². The van der Waals surface area contributed by atoms with E-state index in [0.29, 0.717) is 0 Å². The summed E-state index contributed by atoms with van der Waals surface area (Å²) in [5, 5.41) is 0. The Morgan fingerprint density at radius 2 is 1.38 bits per heavy atom. The molecule has 2 aliphatic rings. The van der Waals surface area contributed by atoms with E-state index in [9.17, 15) is 4.57 Å². The molecule has 2 fully saturated rings. The van der Waals surface area contributed by atoms with Crippen LogP contribution in [0.4, 0.5) is 0 Å². The fourth-order valence-corrected chi connectivity index (χ4v) is 1.83. The molecule has 2 rings (SSSR count). The van der Waals surface area contributed by atoms with Gasteiger partial charge in [-0.25, -0.2) is 0 Å². The molecule has 4 heteroatoms. The Labute approximate surface area is 49.2 Å². The molecule has 3 nitrogen and oxygen atoms in total. The lowest BCUT2D eigenvalue weighted by molar-refractivity contribution is 0.541. The highest BCUT2D eigenvalue weighted by molar-refractivity contribution is 7.39. The van der Waals surface area contributed by atoms with Gasteiger partial charge < -0.3 is 0 Å². The SMILES string of the molecule is O=[P+](N1CC1)N1CC1. The number of hydrogen-bond donors (Lipinski definition) is 0. The van der Waals surface area contributed by atoms with Crippen molar-refractivity contribution in [3.8, 4) is 0 Å². The monoisotopic (exact) mass is 131 g/mol. The predicted octanol–water partition coefficient (Wildman–Crippen LogP) is 0.275. The number of nitrogens with zero attached hydrogens (tertiary/aromatic N) is 2. The second-order valence-electron chi connectivity index (χ2n) is 2.16. The summed E-state index contributed by atoms with van der Waals surface area (Å²) in [6.07, 6.45) is 0. The van der Waals surface area contributed by atoms with Crippen molar-refractivity contribution >= 4 is 8.10 Å². The van der Waals surface area contributed by atoms with E-state index in [1.165, 1.54) is 0 Å². The molecule has 0 aromatic heterocycles. The summed E-state index contributed by atoms with van der Waals surface area (Å²) in [5.74, 6) is 0. The van der Waals surface area contributed by atoms with Gasteiger partial charge in [0.2, 0.25) is 0 Å². The molecule has 0 aromatic carbocycles.